The molecular formula is C15H26N4O. The van der Waals surface area contributed by atoms with Crippen LogP contribution in [0, 0.1) is 5.41 Å². The molecule has 1 aromatic rings. The minimum atomic E-state index is -0.149. The monoisotopic (exact) mass is 278 g/mol. The number of amides is 1. The van der Waals surface area contributed by atoms with Crippen molar-refractivity contribution in [2.75, 3.05) is 5.73 Å². The molecule has 0 bridgehead atoms. The van der Waals surface area contributed by atoms with Gasteiger partial charge in [-0.15, -0.1) is 0 Å². The Morgan fingerprint density at radius 3 is 2.95 bits per heavy atom. The van der Waals surface area contributed by atoms with Crippen LogP contribution in [-0.4, -0.2) is 22.1 Å². The van der Waals surface area contributed by atoms with E-state index in [9.17, 15) is 4.79 Å². The standard InChI is InChI=1S/C15H26N4O/c1-4-6-11-12(16)13(19-18-11)14(20)17-10-7-5-8-15(2,3)9-10/h10H,4-9,16H2,1-3H3,(H,17,20)(H,18,19). The Kier molecular flexibility index (Phi) is 4.35. The Bertz CT molecular complexity index is 478. The molecule has 1 atom stereocenters. The number of nitrogens with two attached hydrogens (primary N) is 1. The van der Waals surface area contributed by atoms with Crippen molar-refractivity contribution < 1.29 is 4.79 Å². The Morgan fingerprint density at radius 1 is 1.55 bits per heavy atom. The van der Waals surface area contributed by atoms with Crippen molar-refractivity contribution >= 4 is 11.6 Å². The van der Waals surface area contributed by atoms with Crippen LogP contribution in [-0.2, 0) is 6.42 Å². The summed E-state index contributed by atoms with van der Waals surface area (Å²) >= 11 is 0. The molecule has 1 unspecified atom stereocenters. The van der Waals surface area contributed by atoms with Gasteiger partial charge in [0.2, 0.25) is 0 Å². The Morgan fingerprint density at radius 2 is 2.30 bits per heavy atom. The first kappa shape index (κ1) is 14.9. The normalized spacial score (nSPS) is 21.6. The van der Waals surface area contributed by atoms with Crippen molar-refractivity contribution in [3.63, 3.8) is 0 Å². The summed E-state index contributed by atoms with van der Waals surface area (Å²) in [4.78, 5) is 12.3. The third kappa shape index (κ3) is 3.32. The minimum Gasteiger partial charge on any atom is -0.395 e. The SMILES string of the molecule is CCCc1[nH]nc(C(=O)NC2CCCC(C)(C)C2)c1N. The summed E-state index contributed by atoms with van der Waals surface area (Å²) in [5.41, 5.74) is 8.01. The molecule has 20 heavy (non-hydrogen) atoms. The number of carbonyl (C=O) groups excluding carboxylic acids is 1. The predicted molar refractivity (Wildman–Crippen MR) is 80.5 cm³/mol. The molecule has 0 saturated heterocycles. The average molecular weight is 278 g/mol. The molecule has 4 N–H and O–H groups in total. The van der Waals surface area contributed by atoms with Crippen LogP contribution in [0.3, 0.4) is 0 Å². The number of aromatic amines is 1. The molecule has 1 saturated carbocycles. The number of anilines is 1. The van der Waals surface area contributed by atoms with E-state index in [1.165, 1.54) is 6.42 Å². The zero-order valence-electron chi connectivity index (χ0n) is 12.8. The van der Waals surface area contributed by atoms with Crippen LogP contribution in [0.2, 0.25) is 0 Å². The molecule has 1 aromatic heterocycles. The van der Waals surface area contributed by atoms with Crippen molar-refractivity contribution in [3.05, 3.63) is 11.4 Å². The van der Waals surface area contributed by atoms with Crippen molar-refractivity contribution in [1.82, 2.24) is 15.5 Å². The van der Waals surface area contributed by atoms with Gasteiger partial charge in [0.05, 0.1) is 11.4 Å². The topological polar surface area (TPSA) is 83.8 Å². The molecule has 1 aliphatic rings. The lowest BCUT2D eigenvalue weighted by Gasteiger charge is -2.35. The summed E-state index contributed by atoms with van der Waals surface area (Å²) in [6.07, 6.45) is 6.25. The van der Waals surface area contributed by atoms with Gasteiger partial charge in [0.25, 0.3) is 5.91 Å². The van der Waals surface area contributed by atoms with Gasteiger partial charge >= 0.3 is 0 Å². The second-order valence-corrected chi connectivity index (χ2v) is 6.65. The highest BCUT2D eigenvalue weighted by atomic mass is 16.2. The highest BCUT2D eigenvalue weighted by Gasteiger charge is 2.29. The van der Waals surface area contributed by atoms with Crippen LogP contribution < -0.4 is 11.1 Å². The van der Waals surface area contributed by atoms with Gasteiger partial charge in [-0.2, -0.15) is 5.10 Å². The average Bonchev–Trinajstić information content (AvgIpc) is 2.70. The molecule has 5 heteroatoms. The summed E-state index contributed by atoms with van der Waals surface area (Å²) in [5.74, 6) is -0.149. The summed E-state index contributed by atoms with van der Waals surface area (Å²) in [5, 5.41) is 10.0. The fourth-order valence-corrected chi connectivity index (χ4v) is 3.08. The van der Waals surface area contributed by atoms with Crippen molar-refractivity contribution in [2.45, 2.75) is 65.3 Å². The Labute approximate surface area is 120 Å². The summed E-state index contributed by atoms with van der Waals surface area (Å²) < 4.78 is 0. The molecular weight excluding hydrogens is 252 g/mol. The molecule has 1 fully saturated rings. The molecule has 1 aliphatic carbocycles. The van der Waals surface area contributed by atoms with Gasteiger partial charge in [-0.3, -0.25) is 9.89 Å². The first-order valence-electron chi connectivity index (χ1n) is 7.56. The molecule has 0 radical (unpaired) electrons. The minimum absolute atomic E-state index is 0.149. The zero-order chi connectivity index (χ0) is 14.8. The zero-order valence-corrected chi connectivity index (χ0v) is 12.8. The second kappa shape index (κ2) is 5.85. The molecule has 0 aromatic carbocycles. The number of nitrogens with zero attached hydrogens (tertiary/aromatic N) is 1. The molecule has 1 amide bonds. The summed E-state index contributed by atoms with van der Waals surface area (Å²) in [6.45, 7) is 6.59. The molecule has 112 valence electrons. The Balaban J connectivity index is 2.01. The largest absolute Gasteiger partial charge is 0.395 e. The van der Waals surface area contributed by atoms with Crippen LogP contribution in [0.25, 0.3) is 0 Å². The lowest BCUT2D eigenvalue weighted by atomic mass is 9.75. The number of hydrogen-bond acceptors (Lipinski definition) is 3. The molecule has 1 heterocycles. The maximum atomic E-state index is 12.3. The number of nitrogens with one attached hydrogen (secondary N) is 2. The van der Waals surface area contributed by atoms with E-state index in [2.05, 4.69) is 36.3 Å². The third-order valence-corrected chi connectivity index (χ3v) is 4.14. The first-order valence-corrected chi connectivity index (χ1v) is 7.56. The van der Waals surface area contributed by atoms with Gasteiger partial charge in [0, 0.05) is 6.04 Å². The number of aryl methyl sites for hydroxylation is 1. The smallest absolute Gasteiger partial charge is 0.274 e. The third-order valence-electron chi connectivity index (χ3n) is 4.14. The molecule has 0 aliphatic heterocycles. The van der Waals surface area contributed by atoms with Crippen LogP contribution in [0.1, 0.15) is 69.1 Å². The van der Waals surface area contributed by atoms with Gasteiger partial charge in [-0.25, -0.2) is 0 Å². The summed E-state index contributed by atoms with van der Waals surface area (Å²) in [6, 6.07) is 0.233. The van der Waals surface area contributed by atoms with E-state index in [4.69, 9.17) is 5.73 Å². The van der Waals surface area contributed by atoms with Crippen LogP contribution in [0.15, 0.2) is 0 Å². The van der Waals surface area contributed by atoms with Crippen LogP contribution in [0.5, 0.6) is 0 Å². The predicted octanol–water partition coefficient (Wildman–Crippen LogP) is 2.64. The van der Waals surface area contributed by atoms with Crippen LogP contribution >= 0.6 is 0 Å². The lowest BCUT2D eigenvalue weighted by Crippen LogP contribution is -2.41. The fraction of sp³-hybridized carbons (Fsp3) is 0.733. The van der Waals surface area contributed by atoms with E-state index in [-0.39, 0.29) is 11.9 Å². The number of rotatable bonds is 4. The highest BCUT2D eigenvalue weighted by molar-refractivity contribution is 5.97. The quantitative estimate of drug-likeness (QED) is 0.791. The summed E-state index contributed by atoms with van der Waals surface area (Å²) in [7, 11) is 0. The number of carbonyl (C=O) groups is 1. The van der Waals surface area contributed by atoms with E-state index in [0.717, 1.165) is 37.8 Å². The van der Waals surface area contributed by atoms with E-state index >= 15 is 0 Å². The van der Waals surface area contributed by atoms with E-state index in [0.29, 0.717) is 16.8 Å². The molecule has 2 rings (SSSR count). The van der Waals surface area contributed by atoms with Crippen molar-refractivity contribution in [2.24, 2.45) is 5.41 Å². The Hall–Kier alpha value is -1.52. The van der Waals surface area contributed by atoms with Crippen molar-refractivity contribution in [3.8, 4) is 0 Å². The maximum Gasteiger partial charge on any atom is 0.274 e. The number of hydrogen-bond donors (Lipinski definition) is 3. The van der Waals surface area contributed by atoms with Gasteiger partial charge in [0.15, 0.2) is 5.69 Å². The van der Waals surface area contributed by atoms with E-state index < -0.39 is 0 Å². The second-order valence-electron chi connectivity index (χ2n) is 6.65. The number of H-pyrrole nitrogens is 1. The number of aromatic nitrogens is 2. The first-order chi connectivity index (χ1) is 9.43. The van der Waals surface area contributed by atoms with E-state index in [1.54, 1.807) is 0 Å². The maximum absolute atomic E-state index is 12.3. The van der Waals surface area contributed by atoms with E-state index in [1.807, 2.05) is 0 Å². The van der Waals surface area contributed by atoms with Gasteiger partial charge in [-0.05, 0) is 31.1 Å². The molecule has 0 spiro atoms. The lowest BCUT2D eigenvalue weighted by molar-refractivity contribution is 0.0898. The van der Waals surface area contributed by atoms with Crippen molar-refractivity contribution in [1.29, 1.82) is 0 Å². The number of nitrogen functional groups attached to an aromatic ring is 1. The highest BCUT2D eigenvalue weighted by Crippen LogP contribution is 2.35. The van der Waals surface area contributed by atoms with Gasteiger partial charge in [0.1, 0.15) is 0 Å². The van der Waals surface area contributed by atoms with Gasteiger partial charge < -0.3 is 11.1 Å². The van der Waals surface area contributed by atoms with Crippen LogP contribution in [0.4, 0.5) is 5.69 Å². The molecule has 5 nitrogen and oxygen atoms in total. The van der Waals surface area contributed by atoms with Gasteiger partial charge in [-0.1, -0.05) is 33.6 Å². The fourth-order valence-electron chi connectivity index (χ4n) is 3.08.